The fourth-order valence-corrected chi connectivity index (χ4v) is 7.27. The minimum atomic E-state index is -0.576. The van der Waals surface area contributed by atoms with Crippen LogP contribution in [0.2, 0.25) is 0 Å². The molecule has 0 heterocycles. The highest BCUT2D eigenvalue weighted by Gasteiger charge is 2.50. The molecule has 0 atom stereocenters. The van der Waals surface area contributed by atoms with Crippen LogP contribution in [0.25, 0.3) is 22.3 Å². The minimum Gasteiger partial charge on any atom is -0.466 e. The molecule has 202 valence electrons. The zero-order valence-corrected chi connectivity index (χ0v) is 23.1. The largest absolute Gasteiger partial charge is 0.466 e. The van der Waals surface area contributed by atoms with E-state index in [1.807, 2.05) is 13.8 Å². The van der Waals surface area contributed by atoms with Crippen LogP contribution in [-0.2, 0) is 29.9 Å². The Hall–Kier alpha value is -4.18. The summed E-state index contributed by atoms with van der Waals surface area (Å²) in [6.45, 7) is 4.38. The van der Waals surface area contributed by atoms with Crippen LogP contribution in [0, 0.1) is 0 Å². The number of carbonyl (C=O) groups excluding carboxylic acids is 2. The Kier molecular flexibility index (Phi) is 6.79. The van der Waals surface area contributed by atoms with Gasteiger partial charge in [-0.25, -0.2) is 0 Å². The van der Waals surface area contributed by atoms with Crippen molar-refractivity contribution in [3.63, 3.8) is 0 Å². The zero-order chi connectivity index (χ0) is 27.7. The van der Waals surface area contributed by atoms with Gasteiger partial charge < -0.3 is 9.47 Å². The predicted molar refractivity (Wildman–Crippen MR) is 157 cm³/mol. The average molecular weight is 531 g/mol. The number of rotatable bonds is 9. The van der Waals surface area contributed by atoms with Crippen molar-refractivity contribution in [2.24, 2.45) is 0 Å². The van der Waals surface area contributed by atoms with Gasteiger partial charge in [0, 0.05) is 10.8 Å². The van der Waals surface area contributed by atoms with E-state index in [-0.39, 0.29) is 24.8 Å². The Morgan fingerprint density at radius 1 is 0.500 bits per heavy atom. The van der Waals surface area contributed by atoms with E-state index in [1.165, 1.54) is 0 Å². The van der Waals surface area contributed by atoms with Gasteiger partial charge in [-0.3, -0.25) is 9.59 Å². The molecular formula is C36H34O4. The molecule has 0 amide bonds. The summed E-state index contributed by atoms with van der Waals surface area (Å²) in [7, 11) is 0. The topological polar surface area (TPSA) is 52.6 Å². The van der Waals surface area contributed by atoms with Crippen LogP contribution in [0.5, 0.6) is 0 Å². The van der Waals surface area contributed by atoms with Crippen molar-refractivity contribution in [1.82, 2.24) is 0 Å². The average Bonchev–Trinajstić information content (AvgIpc) is 3.41. The second kappa shape index (κ2) is 10.4. The van der Waals surface area contributed by atoms with Crippen LogP contribution >= 0.6 is 0 Å². The molecule has 0 saturated carbocycles. The zero-order valence-electron chi connectivity index (χ0n) is 23.1. The van der Waals surface area contributed by atoms with Gasteiger partial charge in [0.1, 0.15) is 0 Å². The lowest BCUT2D eigenvalue weighted by molar-refractivity contribution is -0.145. The van der Waals surface area contributed by atoms with E-state index in [4.69, 9.17) is 9.47 Å². The fourth-order valence-electron chi connectivity index (χ4n) is 7.27. The van der Waals surface area contributed by atoms with Crippen LogP contribution in [-0.4, -0.2) is 25.2 Å². The number of benzene rings is 4. The molecule has 0 spiro atoms. The molecule has 0 fully saturated rings. The van der Waals surface area contributed by atoms with Crippen LogP contribution in [0.3, 0.4) is 0 Å². The molecule has 0 saturated heterocycles. The van der Waals surface area contributed by atoms with E-state index in [0.29, 0.717) is 26.1 Å². The molecule has 4 aromatic rings. The standard InChI is InChI=1S/C36H34O4/c1-3-39-33(37)23-35(29-17-9-5-13-25(29)26-14-6-10-18-30(26)35)21-22-36(24-34(38)40-4-2)31-19-11-7-15-27(31)28-16-8-12-20-32(28)36/h5-20H,3-4,21-24H2,1-2H3. The van der Waals surface area contributed by atoms with Gasteiger partial charge in [-0.1, -0.05) is 97.1 Å². The van der Waals surface area contributed by atoms with Crippen LogP contribution in [0.1, 0.15) is 61.8 Å². The molecule has 2 aliphatic rings. The van der Waals surface area contributed by atoms with E-state index in [9.17, 15) is 9.59 Å². The van der Waals surface area contributed by atoms with E-state index in [2.05, 4.69) is 97.1 Å². The Bertz CT molecular complexity index is 1370. The number of hydrogen-bond donors (Lipinski definition) is 0. The van der Waals surface area contributed by atoms with Crippen LogP contribution in [0.15, 0.2) is 97.1 Å². The van der Waals surface area contributed by atoms with Crippen molar-refractivity contribution in [1.29, 1.82) is 0 Å². The fraction of sp³-hybridized carbons (Fsp3) is 0.278. The van der Waals surface area contributed by atoms with Gasteiger partial charge in [0.2, 0.25) is 0 Å². The quantitative estimate of drug-likeness (QED) is 0.209. The molecule has 4 nitrogen and oxygen atoms in total. The van der Waals surface area contributed by atoms with Gasteiger partial charge in [-0.05, 0) is 71.2 Å². The maximum absolute atomic E-state index is 13.3. The third-order valence-corrected chi connectivity index (χ3v) is 8.83. The Balaban J connectivity index is 1.52. The summed E-state index contributed by atoms with van der Waals surface area (Å²) < 4.78 is 11.1. The molecule has 4 heteroatoms. The van der Waals surface area contributed by atoms with Crippen molar-refractivity contribution >= 4 is 11.9 Å². The highest BCUT2D eigenvalue weighted by molar-refractivity contribution is 5.86. The Labute approximate surface area is 236 Å². The molecule has 0 bridgehead atoms. The minimum absolute atomic E-state index is 0.208. The normalized spacial score (nSPS) is 14.9. The smallest absolute Gasteiger partial charge is 0.307 e. The molecule has 2 aliphatic carbocycles. The lowest BCUT2D eigenvalue weighted by atomic mass is 9.65. The number of esters is 2. The molecule has 4 aromatic carbocycles. The third kappa shape index (κ3) is 4.05. The molecule has 40 heavy (non-hydrogen) atoms. The first-order valence-electron chi connectivity index (χ1n) is 14.2. The second-order valence-corrected chi connectivity index (χ2v) is 10.8. The lowest BCUT2D eigenvalue weighted by Gasteiger charge is -2.37. The SMILES string of the molecule is CCOC(=O)CC1(CCC2(CC(=O)OCC)c3ccccc3-c3ccccc32)c2ccccc2-c2ccccc21. The monoisotopic (exact) mass is 530 g/mol. The first-order valence-corrected chi connectivity index (χ1v) is 14.2. The summed E-state index contributed by atoms with van der Waals surface area (Å²) in [6.07, 6.45) is 1.82. The second-order valence-electron chi connectivity index (χ2n) is 10.8. The molecule has 6 rings (SSSR count). The number of carbonyl (C=O) groups is 2. The Morgan fingerprint density at radius 3 is 1.05 bits per heavy atom. The van der Waals surface area contributed by atoms with E-state index >= 15 is 0 Å². The highest BCUT2D eigenvalue weighted by atomic mass is 16.5. The van der Waals surface area contributed by atoms with Crippen molar-refractivity contribution in [3.05, 3.63) is 119 Å². The lowest BCUT2D eigenvalue weighted by Crippen LogP contribution is -2.35. The molecular weight excluding hydrogens is 496 g/mol. The van der Waals surface area contributed by atoms with Crippen molar-refractivity contribution in [2.45, 2.75) is 50.4 Å². The number of fused-ring (bicyclic) bond motifs is 6. The summed E-state index contributed by atoms with van der Waals surface area (Å²) in [4.78, 5) is 26.5. The number of hydrogen-bond acceptors (Lipinski definition) is 4. The van der Waals surface area contributed by atoms with Gasteiger partial charge in [-0.15, -0.1) is 0 Å². The van der Waals surface area contributed by atoms with Crippen molar-refractivity contribution < 1.29 is 19.1 Å². The van der Waals surface area contributed by atoms with Crippen molar-refractivity contribution in [2.75, 3.05) is 13.2 Å². The summed E-state index contributed by atoms with van der Waals surface area (Å²) >= 11 is 0. The van der Waals surface area contributed by atoms with E-state index in [1.54, 1.807) is 0 Å². The van der Waals surface area contributed by atoms with Crippen molar-refractivity contribution in [3.8, 4) is 22.3 Å². The first-order chi connectivity index (χ1) is 19.5. The predicted octanol–water partition coefficient (Wildman–Crippen LogP) is 7.61. The molecule has 0 aliphatic heterocycles. The Morgan fingerprint density at radius 2 is 0.775 bits per heavy atom. The highest BCUT2D eigenvalue weighted by Crippen LogP contribution is 2.58. The van der Waals surface area contributed by atoms with Crippen LogP contribution < -0.4 is 0 Å². The maximum Gasteiger partial charge on any atom is 0.307 e. The summed E-state index contributed by atoms with van der Waals surface area (Å²) in [5.41, 5.74) is 8.09. The van der Waals surface area contributed by atoms with Gasteiger partial charge in [0.05, 0.1) is 26.1 Å². The summed E-state index contributed by atoms with van der Waals surface area (Å²) in [6, 6.07) is 33.7. The molecule has 0 radical (unpaired) electrons. The van der Waals surface area contributed by atoms with Gasteiger partial charge in [0.15, 0.2) is 0 Å². The third-order valence-electron chi connectivity index (χ3n) is 8.83. The number of ether oxygens (including phenoxy) is 2. The first kappa shape index (κ1) is 26.1. The molecule has 0 aromatic heterocycles. The molecule has 0 N–H and O–H groups in total. The van der Waals surface area contributed by atoms with E-state index < -0.39 is 10.8 Å². The molecule has 0 unspecified atom stereocenters. The van der Waals surface area contributed by atoms with E-state index in [0.717, 1.165) is 44.5 Å². The van der Waals surface area contributed by atoms with Gasteiger partial charge >= 0.3 is 11.9 Å². The van der Waals surface area contributed by atoms with Gasteiger partial charge in [0.25, 0.3) is 0 Å². The maximum atomic E-state index is 13.3. The van der Waals surface area contributed by atoms with Crippen LogP contribution in [0.4, 0.5) is 0 Å². The summed E-state index contributed by atoms with van der Waals surface area (Å²) in [5, 5.41) is 0. The van der Waals surface area contributed by atoms with Gasteiger partial charge in [-0.2, -0.15) is 0 Å². The summed E-state index contributed by atoms with van der Waals surface area (Å²) in [5.74, 6) is -0.415.